The molecule has 0 saturated carbocycles. The average molecular weight is 531 g/mol. The minimum atomic E-state index is -1.65. The highest BCUT2D eigenvalue weighted by Crippen LogP contribution is 2.25. The summed E-state index contributed by atoms with van der Waals surface area (Å²) >= 11 is 0. The third-order valence-electron chi connectivity index (χ3n) is 6.86. The molecule has 0 aliphatic rings. The molecule has 0 radical (unpaired) electrons. The Balaban J connectivity index is 1.84. The number of rotatable bonds is 12. The number of carbonyl (C=O) groups is 2. The van der Waals surface area contributed by atoms with E-state index in [1.54, 1.807) is 0 Å². The van der Waals surface area contributed by atoms with E-state index in [1.165, 1.54) is 7.05 Å². The third kappa shape index (κ3) is 7.31. The van der Waals surface area contributed by atoms with E-state index in [1.807, 2.05) is 30.3 Å². The number of esters is 1. The molecule has 0 fully saturated rings. The Morgan fingerprint density at radius 1 is 1.08 bits per heavy atom. The highest BCUT2D eigenvalue weighted by molar-refractivity contribution is 5.94. The smallest absolute Gasteiger partial charge is 0.340 e. The van der Waals surface area contributed by atoms with Gasteiger partial charge in [0.2, 0.25) is 5.91 Å². The van der Waals surface area contributed by atoms with Crippen LogP contribution in [0.5, 0.6) is 0 Å². The number of pyridine rings is 1. The van der Waals surface area contributed by atoms with Crippen molar-refractivity contribution in [2.75, 3.05) is 7.05 Å². The second-order valence-electron chi connectivity index (χ2n) is 9.62. The molecule has 2 aromatic carbocycles. The van der Waals surface area contributed by atoms with Gasteiger partial charge in [-0.2, -0.15) is 0 Å². The zero-order valence-corrected chi connectivity index (χ0v) is 21.7. The summed E-state index contributed by atoms with van der Waals surface area (Å²) < 4.78 is 47.0. The standard InChI is InChI=1S/C29H33F3N2O4/c1-4-17(2)10-11-19(28(36)33-3)15-23(35)24(12-18-8-6-5-7-9-18)38-29(37)21-13-20-14-22(30)25(31)26(32)27(20)34-16-21/h5-9,13-14,16-17,19,23-24,35H,4,10-12,15H2,1-3H3,(H,33,36)/t17?,19-,23+,24+/m1/s1. The van der Waals surface area contributed by atoms with Crippen molar-refractivity contribution >= 4 is 22.8 Å². The Morgan fingerprint density at radius 3 is 2.45 bits per heavy atom. The second kappa shape index (κ2) is 13.4. The summed E-state index contributed by atoms with van der Waals surface area (Å²) in [5.41, 5.74) is 0.264. The highest BCUT2D eigenvalue weighted by Gasteiger charge is 2.30. The van der Waals surface area contributed by atoms with Crippen LogP contribution in [0.25, 0.3) is 10.9 Å². The maximum Gasteiger partial charge on any atom is 0.340 e. The summed E-state index contributed by atoms with van der Waals surface area (Å²) in [5.74, 6) is -5.64. The van der Waals surface area contributed by atoms with E-state index in [0.29, 0.717) is 12.3 Å². The molecule has 3 rings (SSSR count). The predicted octanol–water partition coefficient (Wildman–Crippen LogP) is 5.36. The maximum atomic E-state index is 14.0. The minimum Gasteiger partial charge on any atom is -0.456 e. The molecule has 9 heteroatoms. The van der Waals surface area contributed by atoms with Gasteiger partial charge in [0.05, 0.1) is 11.7 Å². The molecule has 0 bridgehead atoms. The van der Waals surface area contributed by atoms with Gasteiger partial charge >= 0.3 is 5.97 Å². The van der Waals surface area contributed by atoms with Gasteiger partial charge < -0.3 is 15.2 Å². The molecule has 0 saturated heterocycles. The number of hydrogen-bond donors (Lipinski definition) is 2. The number of aliphatic hydroxyl groups is 1. The zero-order valence-electron chi connectivity index (χ0n) is 21.7. The van der Waals surface area contributed by atoms with E-state index in [4.69, 9.17) is 4.74 Å². The molecule has 4 atom stereocenters. The van der Waals surface area contributed by atoms with Gasteiger partial charge in [0.15, 0.2) is 17.5 Å². The molecule has 1 amide bonds. The summed E-state index contributed by atoms with van der Waals surface area (Å²) in [6.45, 7) is 4.17. The van der Waals surface area contributed by atoms with Crippen molar-refractivity contribution in [1.82, 2.24) is 10.3 Å². The average Bonchev–Trinajstić information content (AvgIpc) is 2.93. The van der Waals surface area contributed by atoms with Crippen LogP contribution in [0, 0.1) is 29.3 Å². The van der Waals surface area contributed by atoms with Crippen molar-refractivity contribution in [2.45, 2.75) is 58.2 Å². The van der Waals surface area contributed by atoms with Crippen molar-refractivity contribution in [3.63, 3.8) is 0 Å². The van der Waals surface area contributed by atoms with Crippen LogP contribution in [-0.4, -0.2) is 41.2 Å². The number of carbonyl (C=O) groups excluding carboxylic acids is 2. The molecule has 38 heavy (non-hydrogen) atoms. The first kappa shape index (κ1) is 29.1. The van der Waals surface area contributed by atoms with Crippen LogP contribution in [0.15, 0.2) is 48.7 Å². The van der Waals surface area contributed by atoms with Gasteiger partial charge in [-0.05, 0) is 42.9 Å². The highest BCUT2D eigenvalue weighted by atomic mass is 19.2. The summed E-state index contributed by atoms with van der Waals surface area (Å²) in [6, 6.07) is 11.0. The predicted molar refractivity (Wildman–Crippen MR) is 138 cm³/mol. The summed E-state index contributed by atoms with van der Waals surface area (Å²) in [7, 11) is 1.54. The maximum absolute atomic E-state index is 14.0. The van der Waals surface area contributed by atoms with Crippen LogP contribution in [0.1, 0.15) is 55.5 Å². The van der Waals surface area contributed by atoms with Crippen molar-refractivity contribution in [1.29, 1.82) is 0 Å². The summed E-state index contributed by atoms with van der Waals surface area (Å²) in [5, 5.41) is 13.7. The Labute approximate surface area is 220 Å². The van der Waals surface area contributed by atoms with Crippen LogP contribution in [0.2, 0.25) is 0 Å². The summed E-state index contributed by atoms with van der Waals surface area (Å²) in [4.78, 5) is 29.4. The first-order valence-electron chi connectivity index (χ1n) is 12.7. The second-order valence-corrected chi connectivity index (χ2v) is 9.62. The van der Waals surface area contributed by atoms with Crippen molar-refractivity contribution in [2.24, 2.45) is 11.8 Å². The molecule has 1 heterocycles. The monoisotopic (exact) mass is 530 g/mol. The molecule has 204 valence electrons. The molecule has 0 aliphatic heterocycles. The van der Waals surface area contributed by atoms with Crippen LogP contribution >= 0.6 is 0 Å². The van der Waals surface area contributed by atoms with Crippen molar-refractivity contribution in [3.05, 3.63) is 77.2 Å². The van der Waals surface area contributed by atoms with Gasteiger partial charge in [0, 0.05) is 31.0 Å². The van der Waals surface area contributed by atoms with Crippen LogP contribution in [-0.2, 0) is 16.0 Å². The lowest BCUT2D eigenvalue weighted by Crippen LogP contribution is -2.38. The molecule has 0 spiro atoms. The van der Waals surface area contributed by atoms with Crippen LogP contribution in [0.4, 0.5) is 13.2 Å². The quantitative estimate of drug-likeness (QED) is 0.243. The number of halogens is 3. The van der Waals surface area contributed by atoms with E-state index < -0.39 is 47.1 Å². The van der Waals surface area contributed by atoms with Gasteiger partial charge in [-0.3, -0.25) is 9.78 Å². The van der Waals surface area contributed by atoms with E-state index in [9.17, 15) is 27.9 Å². The number of amides is 1. The van der Waals surface area contributed by atoms with Gasteiger partial charge in [-0.25, -0.2) is 18.0 Å². The molecule has 6 nitrogen and oxygen atoms in total. The largest absolute Gasteiger partial charge is 0.456 e. The lowest BCUT2D eigenvalue weighted by molar-refractivity contribution is -0.126. The lowest BCUT2D eigenvalue weighted by atomic mass is 9.88. The van der Waals surface area contributed by atoms with E-state index >= 15 is 0 Å². The van der Waals surface area contributed by atoms with Crippen LogP contribution in [0.3, 0.4) is 0 Å². The number of fused-ring (bicyclic) bond motifs is 1. The Morgan fingerprint density at radius 2 is 1.79 bits per heavy atom. The van der Waals surface area contributed by atoms with Gasteiger partial charge in [-0.15, -0.1) is 0 Å². The first-order valence-corrected chi connectivity index (χ1v) is 12.7. The van der Waals surface area contributed by atoms with E-state index in [2.05, 4.69) is 24.1 Å². The van der Waals surface area contributed by atoms with E-state index in [-0.39, 0.29) is 29.7 Å². The van der Waals surface area contributed by atoms with Gasteiger partial charge in [0.25, 0.3) is 0 Å². The fourth-order valence-corrected chi connectivity index (χ4v) is 4.30. The SMILES string of the molecule is CCC(C)CC[C@H](C[C@H](O)[C@H](Cc1ccccc1)OC(=O)c1cnc2c(F)c(F)c(F)cc2c1)C(=O)NC. The Kier molecular flexibility index (Phi) is 10.2. The minimum absolute atomic E-state index is 0.0759. The zero-order chi connectivity index (χ0) is 27.8. The molecule has 1 unspecified atom stereocenters. The topological polar surface area (TPSA) is 88.5 Å². The fourth-order valence-electron chi connectivity index (χ4n) is 4.30. The number of benzene rings is 2. The Bertz CT molecular complexity index is 1260. The van der Waals surface area contributed by atoms with Gasteiger partial charge in [-0.1, -0.05) is 50.6 Å². The molecular formula is C29H33F3N2O4. The van der Waals surface area contributed by atoms with Crippen LogP contribution < -0.4 is 5.32 Å². The first-order chi connectivity index (χ1) is 18.1. The van der Waals surface area contributed by atoms with Crippen molar-refractivity contribution in [3.8, 4) is 0 Å². The number of ether oxygens (including phenoxy) is 1. The number of nitrogens with one attached hydrogen (secondary N) is 1. The Hall–Kier alpha value is -3.46. The molecule has 2 N–H and O–H groups in total. The van der Waals surface area contributed by atoms with Crippen molar-refractivity contribution < 1.29 is 32.6 Å². The normalized spacial score (nSPS) is 14.5. The fraction of sp³-hybridized carbons (Fsp3) is 0.414. The summed E-state index contributed by atoms with van der Waals surface area (Å²) in [6.07, 6.45) is 1.42. The molecular weight excluding hydrogens is 497 g/mol. The van der Waals surface area contributed by atoms with E-state index in [0.717, 1.165) is 36.7 Å². The number of aromatic nitrogens is 1. The third-order valence-corrected chi connectivity index (χ3v) is 6.86. The lowest BCUT2D eigenvalue weighted by Gasteiger charge is -2.27. The molecule has 1 aromatic heterocycles. The number of hydrogen-bond acceptors (Lipinski definition) is 5. The van der Waals surface area contributed by atoms with Gasteiger partial charge in [0.1, 0.15) is 11.6 Å². The molecule has 3 aromatic rings. The molecule has 0 aliphatic carbocycles. The number of nitrogens with zero attached hydrogens (tertiary/aromatic N) is 1. The number of aliphatic hydroxyl groups excluding tert-OH is 1.